The number of hydrogen-bond acceptors (Lipinski definition) is 3. The molecule has 0 radical (unpaired) electrons. The molecule has 0 unspecified atom stereocenters. The Labute approximate surface area is 121 Å². The Bertz CT molecular complexity index is 759. The predicted octanol–water partition coefficient (Wildman–Crippen LogP) is 4.04. The normalized spacial score (nSPS) is 10.7. The molecule has 1 aromatic heterocycles. The van der Waals surface area contributed by atoms with Crippen molar-refractivity contribution in [3.05, 3.63) is 59.0 Å². The molecule has 3 aromatic rings. The molecule has 3 rings (SSSR count). The van der Waals surface area contributed by atoms with Crippen molar-refractivity contribution >= 4 is 38.7 Å². The summed E-state index contributed by atoms with van der Waals surface area (Å²) in [5.74, 6) is -0.123. The summed E-state index contributed by atoms with van der Waals surface area (Å²) in [6.07, 6.45) is 0. The Balaban J connectivity index is 1.89. The third-order valence-electron chi connectivity index (χ3n) is 3.10. The van der Waals surface area contributed by atoms with Crippen LogP contribution in [0.3, 0.4) is 0 Å². The summed E-state index contributed by atoms with van der Waals surface area (Å²) in [5.41, 5.74) is 8.22. The first-order valence-corrected chi connectivity index (χ1v) is 7.11. The highest BCUT2D eigenvalue weighted by Crippen LogP contribution is 2.27. The maximum absolute atomic E-state index is 12.3. The van der Waals surface area contributed by atoms with Crippen LogP contribution in [0.2, 0.25) is 0 Å². The second-order valence-electron chi connectivity index (χ2n) is 4.69. The molecule has 0 aliphatic rings. The highest BCUT2D eigenvalue weighted by molar-refractivity contribution is 7.20. The van der Waals surface area contributed by atoms with Crippen LogP contribution in [0.25, 0.3) is 10.1 Å². The third-order valence-corrected chi connectivity index (χ3v) is 4.22. The Hall–Kier alpha value is -2.33. The van der Waals surface area contributed by atoms with E-state index in [4.69, 9.17) is 5.73 Å². The Morgan fingerprint density at radius 1 is 1.15 bits per heavy atom. The summed E-state index contributed by atoms with van der Waals surface area (Å²) in [7, 11) is 0. The molecular weight excluding hydrogens is 268 g/mol. The van der Waals surface area contributed by atoms with Crippen LogP contribution in [0, 0.1) is 6.92 Å². The number of nitrogens with one attached hydrogen (secondary N) is 1. The van der Waals surface area contributed by atoms with Crippen LogP contribution >= 0.6 is 11.3 Å². The van der Waals surface area contributed by atoms with E-state index < -0.39 is 0 Å². The minimum Gasteiger partial charge on any atom is -0.397 e. The van der Waals surface area contributed by atoms with E-state index in [9.17, 15) is 4.79 Å². The number of thiophene rings is 1. The van der Waals surface area contributed by atoms with Gasteiger partial charge in [-0.2, -0.15) is 0 Å². The molecule has 0 atom stereocenters. The van der Waals surface area contributed by atoms with Gasteiger partial charge in [0, 0.05) is 4.70 Å². The second-order valence-corrected chi connectivity index (χ2v) is 5.78. The molecule has 0 spiro atoms. The lowest BCUT2D eigenvalue weighted by atomic mass is 10.2. The highest BCUT2D eigenvalue weighted by atomic mass is 32.1. The first kappa shape index (κ1) is 12.7. The molecule has 3 N–H and O–H groups in total. The van der Waals surface area contributed by atoms with E-state index in [2.05, 4.69) is 5.32 Å². The lowest BCUT2D eigenvalue weighted by Gasteiger charge is -2.07. The van der Waals surface area contributed by atoms with Gasteiger partial charge in [-0.05, 0) is 42.1 Å². The van der Waals surface area contributed by atoms with Crippen molar-refractivity contribution in [1.29, 1.82) is 0 Å². The summed E-state index contributed by atoms with van der Waals surface area (Å²) < 4.78 is 1.11. The second kappa shape index (κ2) is 4.98. The van der Waals surface area contributed by atoms with Gasteiger partial charge in [0.25, 0.3) is 5.91 Å². The number of nitrogens with two attached hydrogens (primary N) is 1. The summed E-state index contributed by atoms with van der Waals surface area (Å²) >= 11 is 1.48. The third kappa shape index (κ3) is 2.38. The average molecular weight is 282 g/mol. The SMILES string of the molecule is Cc1ccc(NC(=O)c2cc3ccccc3s2)c(N)c1. The Kier molecular flexibility index (Phi) is 3.16. The number of fused-ring (bicyclic) bond motifs is 1. The molecule has 0 aliphatic carbocycles. The molecular formula is C16H14N2OS. The zero-order valence-electron chi connectivity index (χ0n) is 11.0. The number of benzene rings is 2. The van der Waals surface area contributed by atoms with Gasteiger partial charge in [-0.25, -0.2) is 0 Å². The molecule has 0 fully saturated rings. The van der Waals surface area contributed by atoms with Crippen LogP contribution in [0.5, 0.6) is 0 Å². The Morgan fingerprint density at radius 3 is 2.70 bits per heavy atom. The topological polar surface area (TPSA) is 55.1 Å². The van der Waals surface area contributed by atoms with E-state index in [1.807, 2.05) is 55.5 Å². The maximum Gasteiger partial charge on any atom is 0.265 e. The van der Waals surface area contributed by atoms with Crippen molar-refractivity contribution in [2.24, 2.45) is 0 Å². The number of carbonyl (C=O) groups excluding carboxylic acids is 1. The molecule has 1 heterocycles. The first-order chi connectivity index (χ1) is 9.63. The van der Waals surface area contributed by atoms with E-state index >= 15 is 0 Å². The van der Waals surface area contributed by atoms with Gasteiger partial charge in [-0.3, -0.25) is 4.79 Å². The minimum absolute atomic E-state index is 0.123. The quantitative estimate of drug-likeness (QED) is 0.697. The number of anilines is 2. The number of hydrogen-bond donors (Lipinski definition) is 2. The molecule has 2 aromatic carbocycles. The predicted molar refractivity (Wildman–Crippen MR) is 85.4 cm³/mol. The highest BCUT2D eigenvalue weighted by Gasteiger charge is 2.11. The smallest absolute Gasteiger partial charge is 0.265 e. The molecule has 3 nitrogen and oxygen atoms in total. The molecule has 1 amide bonds. The van der Waals surface area contributed by atoms with E-state index in [-0.39, 0.29) is 5.91 Å². The fourth-order valence-electron chi connectivity index (χ4n) is 2.07. The minimum atomic E-state index is -0.123. The molecule has 0 aliphatic heterocycles. The van der Waals surface area contributed by atoms with Gasteiger partial charge < -0.3 is 11.1 Å². The van der Waals surface area contributed by atoms with Crippen LogP contribution in [-0.4, -0.2) is 5.91 Å². The van der Waals surface area contributed by atoms with Crippen molar-refractivity contribution in [3.63, 3.8) is 0 Å². The van der Waals surface area contributed by atoms with Crippen LogP contribution in [0.1, 0.15) is 15.2 Å². The van der Waals surface area contributed by atoms with Gasteiger partial charge in [0.15, 0.2) is 0 Å². The summed E-state index contributed by atoms with van der Waals surface area (Å²) in [4.78, 5) is 13.0. The number of amides is 1. The van der Waals surface area contributed by atoms with Crippen molar-refractivity contribution in [2.45, 2.75) is 6.92 Å². The van der Waals surface area contributed by atoms with E-state index in [0.29, 0.717) is 16.3 Å². The molecule has 20 heavy (non-hydrogen) atoms. The summed E-state index contributed by atoms with van der Waals surface area (Å²) in [5, 5.41) is 3.94. The van der Waals surface area contributed by atoms with E-state index in [0.717, 1.165) is 15.6 Å². The number of rotatable bonds is 2. The monoisotopic (exact) mass is 282 g/mol. The molecule has 4 heteroatoms. The lowest BCUT2D eigenvalue weighted by Crippen LogP contribution is -2.11. The van der Waals surface area contributed by atoms with E-state index in [1.54, 1.807) is 0 Å². The van der Waals surface area contributed by atoms with Gasteiger partial charge in [0.1, 0.15) is 0 Å². The zero-order chi connectivity index (χ0) is 14.1. The standard InChI is InChI=1S/C16H14N2OS/c1-10-6-7-13(12(17)8-10)18-16(19)15-9-11-4-2-3-5-14(11)20-15/h2-9H,17H2,1H3,(H,18,19). The number of carbonyl (C=O) groups is 1. The Morgan fingerprint density at radius 2 is 1.95 bits per heavy atom. The zero-order valence-corrected chi connectivity index (χ0v) is 11.8. The maximum atomic E-state index is 12.3. The first-order valence-electron chi connectivity index (χ1n) is 6.29. The van der Waals surface area contributed by atoms with Crippen LogP contribution in [0.15, 0.2) is 48.5 Å². The van der Waals surface area contributed by atoms with Gasteiger partial charge in [-0.15, -0.1) is 11.3 Å². The van der Waals surface area contributed by atoms with Crippen molar-refractivity contribution in [3.8, 4) is 0 Å². The van der Waals surface area contributed by atoms with Crippen LogP contribution in [-0.2, 0) is 0 Å². The summed E-state index contributed by atoms with van der Waals surface area (Å²) in [6, 6.07) is 15.5. The van der Waals surface area contributed by atoms with Gasteiger partial charge >= 0.3 is 0 Å². The molecule has 100 valence electrons. The van der Waals surface area contributed by atoms with E-state index in [1.165, 1.54) is 11.3 Å². The van der Waals surface area contributed by atoms with Crippen molar-refractivity contribution < 1.29 is 4.79 Å². The summed E-state index contributed by atoms with van der Waals surface area (Å²) in [6.45, 7) is 1.97. The van der Waals surface area contributed by atoms with Gasteiger partial charge in [0.05, 0.1) is 16.3 Å². The van der Waals surface area contributed by atoms with Crippen molar-refractivity contribution in [2.75, 3.05) is 11.1 Å². The molecule has 0 bridgehead atoms. The van der Waals surface area contributed by atoms with Crippen LogP contribution < -0.4 is 11.1 Å². The number of nitrogen functional groups attached to an aromatic ring is 1. The number of aryl methyl sites for hydroxylation is 1. The molecule has 0 saturated heterocycles. The van der Waals surface area contributed by atoms with Gasteiger partial charge in [-0.1, -0.05) is 24.3 Å². The molecule has 0 saturated carbocycles. The largest absolute Gasteiger partial charge is 0.397 e. The fourth-order valence-corrected chi connectivity index (χ4v) is 3.03. The average Bonchev–Trinajstić information content (AvgIpc) is 2.86. The van der Waals surface area contributed by atoms with Gasteiger partial charge in [0.2, 0.25) is 0 Å². The lowest BCUT2D eigenvalue weighted by molar-refractivity contribution is 0.103. The van der Waals surface area contributed by atoms with Crippen molar-refractivity contribution in [1.82, 2.24) is 0 Å². The fraction of sp³-hybridized carbons (Fsp3) is 0.0625. The van der Waals surface area contributed by atoms with Crippen LogP contribution in [0.4, 0.5) is 11.4 Å².